The average molecular weight is 446 g/mol. The molecular weight excluding hydrogens is 429 g/mol. The third-order valence-electron chi connectivity index (χ3n) is 3.04. The molecule has 3 heteroatoms. The van der Waals surface area contributed by atoms with Gasteiger partial charge in [0.25, 0.3) is 0 Å². The number of hydrogen-bond donors (Lipinski definition) is 0. The molecule has 0 bridgehead atoms. The zero-order valence-corrected chi connectivity index (χ0v) is 16.0. The van der Waals surface area contributed by atoms with Crippen LogP contribution in [-0.2, 0) is 7.48 Å². The van der Waals surface area contributed by atoms with Crippen LogP contribution in [0, 0.1) is 13.8 Å². The number of rotatable bonds is 3. The summed E-state index contributed by atoms with van der Waals surface area (Å²) < 4.78 is 8.11. The second kappa shape index (κ2) is 6.32. The van der Waals surface area contributed by atoms with Crippen LogP contribution < -0.4 is 6.25 Å². The maximum absolute atomic E-state index is 11.4. The Kier molecular flexibility index (Phi) is 4.74. The van der Waals surface area contributed by atoms with Gasteiger partial charge in [-0.15, -0.1) is 0 Å². The fourth-order valence-electron chi connectivity index (χ4n) is 1.98. The monoisotopic (exact) mass is 446 g/mol. The van der Waals surface area contributed by atoms with E-state index in [0.29, 0.717) is 0 Å². The number of carbonyl (C=O) groups is 1. The van der Waals surface area contributed by atoms with E-state index in [9.17, 15) is 4.79 Å². The molecule has 2 aromatic carbocycles. The van der Waals surface area contributed by atoms with Gasteiger partial charge in [0, 0.05) is 0 Å². The molecule has 2 aromatic rings. The summed E-state index contributed by atoms with van der Waals surface area (Å²) >= 11 is -2.84. The minimum atomic E-state index is -2.84. The summed E-state index contributed by atoms with van der Waals surface area (Å²) in [7, 11) is 0. The molecule has 96 valence electrons. The van der Waals surface area contributed by atoms with E-state index in [2.05, 4.69) is 62.4 Å². The molecular formula is C16H17O2Tl. The first-order valence-electron chi connectivity index (χ1n) is 6.36. The summed E-state index contributed by atoms with van der Waals surface area (Å²) in [6.07, 6.45) is 0. The maximum atomic E-state index is 11.4. The predicted molar refractivity (Wildman–Crippen MR) is 79.1 cm³/mol. The Bertz CT molecular complexity index is 513. The van der Waals surface area contributed by atoms with E-state index < -0.39 is 23.2 Å². The molecule has 2 rings (SSSR count). The van der Waals surface area contributed by atoms with Crippen LogP contribution in [-0.4, -0.2) is 29.1 Å². The second-order valence-corrected chi connectivity index (χ2v) is 13.9. The van der Waals surface area contributed by atoms with Crippen molar-refractivity contribution in [3.63, 3.8) is 0 Å². The van der Waals surface area contributed by atoms with Crippen molar-refractivity contribution in [3.8, 4) is 0 Å². The van der Waals surface area contributed by atoms with Crippen LogP contribution in [0.4, 0.5) is 0 Å². The molecule has 0 heterocycles. The zero-order chi connectivity index (χ0) is 13.8. The first-order valence-corrected chi connectivity index (χ1v) is 12.7. The van der Waals surface area contributed by atoms with Crippen molar-refractivity contribution in [2.24, 2.45) is 0 Å². The molecule has 0 saturated heterocycles. The average Bonchev–Trinajstić information content (AvgIpc) is 2.38. The van der Waals surface area contributed by atoms with Crippen molar-refractivity contribution in [1.29, 1.82) is 0 Å². The van der Waals surface area contributed by atoms with Gasteiger partial charge in [0.1, 0.15) is 0 Å². The molecule has 0 unspecified atom stereocenters. The van der Waals surface area contributed by atoms with Gasteiger partial charge in [-0.25, -0.2) is 0 Å². The van der Waals surface area contributed by atoms with E-state index in [1.165, 1.54) is 24.3 Å². The third kappa shape index (κ3) is 3.90. The molecule has 0 aliphatic rings. The van der Waals surface area contributed by atoms with E-state index in [0.717, 1.165) is 0 Å². The Morgan fingerprint density at radius 3 is 1.53 bits per heavy atom. The van der Waals surface area contributed by atoms with Gasteiger partial charge in [0.15, 0.2) is 0 Å². The molecule has 0 fully saturated rings. The SMILES string of the molecule is CC(=O)[O][Tl]([c]1ccc(C)cc1)[c]1ccc(C)cc1. The van der Waals surface area contributed by atoms with Crippen molar-refractivity contribution >= 4 is 35.4 Å². The topological polar surface area (TPSA) is 26.3 Å². The van der Waals surface area contributed by atoms with Crippen molar-refractivity contribution in [1.82, 2.24) is 0 Å². The van der Waals surface area contributed by atoms with Gasteiger partial charge in [0.2, 0.25) is 0 Å². The summed E-state index contributed by atoms with van der Waals surface area (Å²) in [5.74, 6) is -0.173. The second-order valence-electron chi connectivity index (χ2n) is 4.81. The van der Waals surface area contributed by atoms with Crippen LogP contribution in [0.15, 0.2) is 48.5 Å². The predicted octanol–water partition coefficient (Wildman–Crippen LogP) is 1.97. The van der Waals surface area contributed by atoms with Crippen LogP contribution in [0.3, 0.4) is 0 Å². The molecule has 19 heavy (non-hydrogen) atoms. The Labute approximate surface area is 123 Å². The van der Waals surface area contributed by atoms with Gasteiger partial charge in [-0.3, -0.25) is 0 Å². The first kappa shape index (κ1) is 14.2. The van der Waals surface area contributed by atoms with Crippen molar-refractivity contribution in [2.45, 2.75) is 20.8 Å². The molecule has 0 radical (unpaired) electrons. The molecule has 0 N–H and O–H groups in total. The van der Waals surface area contributed by atoms with E-state index in [1.54, 1.807) is 0 Å². The Hall–Kier alpha value is -1.17. The van der Waals surface area contributed by atoms with Gasteiger partial charge < -0.3 is 0 Å². The van der Waals surface area contributed by atoms with Crippen LogP contribution >= 0.6 is 0 Å². The Morgan fingerprint density at radius 2 is 1.21 bits per heavy atom. The van der Waals surface area contributed by atoms with E-state index >= 15 is 0 Å². The molecule has 0 spiro atoms. The van der Waals surface area contributed by atoms with Gasteiger partial charge in [-0.2, -0.15) is 0 Å². The summed E-state index contributed by atoms with van der Waals surface area (Å²) in [5, 5.41) is 0. The standard InChI is InChI=1S/2C7H7.C2H4O2.Tl/c2*1-7-5-3-2-4-6-7;1-2(3)4;/h2*3-6H,1H3;1H3,(H,3,4);/q;;;+1/p-1. The van der Waals surface area contributed by atoms with E-state index in [4.69, 9.17) is 2.69 Å². The van der Waals surface area contributed by atoms with Gasteiger partial charge in [-0.05, 0) is 0 Å². The number of carbonyl (C=O) groups excluding carboxylic acids is 1. The molecule has 0 atom stereocenters. The van der Waals surface area contributed by atoms with Crippen LogP contribution in [0.25, 0.3) is 0 Å². The van der Waals surface area contributed by atoms with E-state index in [-0.39, 0.29) is 5.97 Å². The third-order valence-corrected chi connectivity index (χ3v) is 13.0. The van der Waals surface area contributed by atoms with Gasteiger partial charge in [-0.1, -0.05) is 0 Å². The Morgan fingerprint density at radius 1 is 0.842 bits per heavy atom. The summed E-state index contributed by atoms with van der Waals surface area (Å²) in [5.41, 5.74) is 2.45. The minimum absolute atomic E-state index is 0.173. The molecule has 0 aromatic heterocycles. The van der Waals surface area contributed by atoms with Crippen molar-refractivity contribution < 1.29 is 7.48 Å². The van der Waals surface area contributed by atoms with Crippen LogP contribution in [0.1, 0.15) is 18.1 Å². The summed E-state index contributed by atoms with van der Waals surface area (Å²) in [6, 6.07) is 16.7. The molecule has 0 saturated carbocycles. The van der Waals surface area contributed by atoms with Gasteiger partial charge in [0.05, 0.1) is 0 Å². The summed E-state index contributed by atoms with van der Waals surface area (Å²) in [6.45, 7) is 5.62. The summed E-state index contributed by atoms with van der Waals surface area (Å²) in [4.78, 5) is 11.4. The molecule has 0 aliphatic heterocycles. The first-order chi connectivity index (χ1) is 9.06. The molecule has 2 nitrogen and oxygen atoms in total. The normalized spacial score (nSPS) is 10.1. The van der Waals surface area contributed by atoms with Crippen molar-refractivity contribution in [2.75, 3.05) is 0 Å². The van der Waals surface area contributed by atoms with Crippen LogP contribution in [0.5, 0.6) is 0 Å². The van der Waals surface area contributed by atoms with Gasteiger partial charge >= 0.3 is 123 Å². The zero-order valence-electron chi connectivity index (χ0n) is 11.5. The fourth-order valence-corrected chi connectivity index (χ4v) is 10.0. The molecule has 0 aliphatic carbocycles. The Balaban J connectivity index is 2.37. The molecule has 0 amide bonds. The van der Waals surface area contributed by atoms with E-state index in [1.807, 2.05) is 0 Å². The fraction of sp³-hybridized carbons (Fsp3) is 0.188. The van der Waals surface area contributed by atoms with Crippen molar-refractivity contribution in [3.05, 3.63) is 59.7 Å². The van der Waals surface area contributed by atoms with Crippen LogP contribution in [0.2, 0.25) is 0 Å². The quantitative estimate of drug-likeness (QED) is 0.676. The number of hydrogen-bond acceptors (Lipinski definition) is 2. The number of benzene rings is 2. The number of aryl methyl sites for hydroxylation is 2.